The van der Waals surface area contributed by atoms with Crippen molar-refractivity contribution in [3.05, 3.63) is 54.1 Å². The molecule has 0 spiro atoms. The average Bonchev–Trinajstić information content (AvgIpc) is 3.33. The Morgan fingerprint density at radius 2 is 1.96 bits per heavy atom. The highest BCUT2D eigenvalue weighted by molar-refractivity contribution is 7.80. The molecule has 2 fully saturated rings. The normalized spacial score (nSPS) is 24.3. The fourth-order valence-corrected chi connectivity index (χ4v) is 4.86. The van der Waals surface area contributed by atoms with Crippen LogP contribution in [0.15, 0.2) is 42.7 Å². The predicted molar refractivity (Wildman–Crippen MR) is 104 cm³/mol. The minimum absolute atomic E-state index is 0.0890. The number of pyridine rings is 1. The van der Waals surface area contributed by atoms with Crippen molar-refractivity contribution >= 4 is 17.3 Å². The third-order valence-corrected chi connectivity index (χ3v) is 5.85. The Balaban J connectivity index is 1.77. The lowest BCUT2D eigenvalue weighted by atomic mass is 10.00. The van der Waals surface area contributed by atoms with Crippen molar-refractivity contribution in [2.45, 2.75) is 63.7 Å². The minimum Gasteiger partial charge on any atom is -0.352 e. The molecule has 5 heteroatoms. The quantitative estimate of drug-likeness (QED) is 0.826. The maximum absolute atomic E-state index is 5.70. The summed E-state index contributed by atoms with van der Waals surface area (Å²) >= 11 is 5.70. The second kappa shape index (κ2) is 6.79. The summed E-state index contributed by atoms with van der Waals surface area (Å²) in [5, 5.41) is 4.37. The molecular weight excluding hydrogens is 328 g/mol. The maximum Gasteiger partial charge on any atom is 0.170 e. The van der Waals surface area contributed by atoms with Gasteiger partial charge in [0.25, 0.3) is 0 Å². The summed E-state index contributed by atoms with van der Waals surface area (Å²) in [4.78, 5) is 6.96. The Labute approximate surface area is 155 Å². The third-order valence-electron chi connectivity index (χ3n) is 5.52. The molecule has 0 aromatic carbocycles. The molecule has 2 atom stereocenters. The smallest absolute Gasteiger partial charge is 0.170 e. The fraction of sp³-hybridized carbons (Fsp3) is 0.500. The van der Waals surface area contributed by atoms with E-state index in [1.807, 2.05) is 12.3 Å². The van der Waals surface area contributed by atoms with Crippen LogP contribution in [-0.2, 0) is 0 Å². The van der Waals surface area contributed by atoms with E-state index in [0.717, 1.165) is 10.8 Å². The van der Waals surface area contributed by atoms with Crippen LogP contribution in [0.1, 0.15) is 69.0 Å². The molecule has 0 bridgehead atoms. The molecule has 4 nitrogen and oxygen atoms in total. The van der Waals surface area contributed by atoms with Crippen molar-refractivity contribution in [1.82, 2.24) is 19.8 Å². The second-order valence-electron chi connectivity index (χ2n) is 7.41. The lowest BCUT2D eigenvalue weighted by Crippen LogP contribution is -2.36. The molecule has 1 aliphatic carbocycles. The van der Waals surface area contributed by atoms with E-state index < -0.39 is 0 Å². The van der Waals surface area contributed by atoms with Crippen LogP contribution in [-0.4, -0.2) is 25.6 Å². The Morgan fingerprint density at radius 3 is 2.64 bits per heavy atom. The van der Waals surface area contributed by atoms with Crippen LogP contribution in [0.4, 0.5) is 0 Å². The van der Waals surface area contributed by atoms with Crippen molar-refractivity contribution in [3.8, 4) is 0 Å². The van der Waals surface area contributed by atoms with Crippen molar-refractivity contribution in [2.24, 2.45) is 0 Å². The van der Waals surface area contributed by atoms with Crippen LogP contribution in [0, 0.1) is 0 Å². The number of thiocarbonyl (C=S) groups is 1. The van der Waals surface area contributed by atoms with Gasteiger partial charge >= 0.3 is 0 Å². The molecule has 2 aromatic rings. The summed E-state index contributed by atoms with van der Waals surface area (Å²) in [7, 11) is 0. The van der Waals surface area contributed by atoms with Gasteiger partial charge in [0.1, 0.15) is 0 Å². The van der Waals surface area contributed by atoms with E-state index in [0.29, 0.717) is 12.1 Å². The van der Waals surface area contributed by atoms with Gasteiger partial charge in [-0.15, -0.1) is 0 Å². The molecule has 1 N–H and O–H groups in total. The molecule has 2 aliphatic rings. The van der Waals surface area contributed by atoms with E-state index in [1.54, 1.807) is 0 Å². The zero-order valence-electron chi connectivity index (χ0n) is 14.9. The molecule has 25 heavy (non-hydrogen) atoms. The van der Waals surface area contributed by atoms with E-state index in [1.165, 1.54) is 31.4 Å². The monoisotopic (exact) mass is 354 g/mol. The molecular formula is C20H26N4S. The first-order valence-corrected chi connectivity index (χ1v) is 9.74. The second-order valence-corrected chi connectivity index (χ2v) is 7.79. The number of nitrogens with one attached hydrogen (secondary N) is 1. The summed E-state index contributed by atoms with van der Waals surface area (Å²) in [6.07, 6.45) is 9.35. The first kappa shape index (κ1) is 16.6. The number of hydrogen-bond donors (Lipinski definition) is 1. The van der Waals surface area contributed by atoms with Crippen LogP contribution < -0.4 is 5.32 Å². The average molecular weight is 355 g/mol. The van der Waals surface area contributed by atoms with Gasteiger partial charge in [0.2, 0.25) is 0 Å². The molecule has 132 valence electrons. The first-order chi connectivity index (χ1) is 12.2. The Hall–Kier alpha value is -1.88. The molecule has 1 saturated carbocycles. The van der Waals surface area contributed by atoms with Crippen molar-refractivity contribution in [2.75, 3.05) is 0 Å². The van der Waals surface area contributed by atoms with Crippen LogP contribution in [0.3, 0.4) is 0 Å². The highest BCUT2D eigenvalue weighted by atomic mass is 32.1. The topological polar surface area (TPSA) is 33.1 Å². The van der Waals surface area contributed by atoms with E-state index >= 15 is 0 Å². The van der Waals surface area contributed by atoms with Gasteiger partial charge in [-0.05, 0) is 63.2 Å². The zero-order valence-corrected chi connectivity index (χ0v) is 15.7. The molecule has 2 aromatic heterocycles. The molecule has 1 saturated heterocycles. The van der Waals surface area contributed by atoms with Gasteiger partial charge in [0.15, 0.2) is 5.11 Å². The van der Waals surface area contributed by atoms with Gasteiger partial charge < -0.3 is 14.8 Å². The SMILES string of the molecule is CC(C)N1C(=S)NC(c2ccccn2)C1c1cccn1C1CCCC1. The van der Waals surface area contributed by atoms with Crippen LogP contribution in [0.2, 0.25) is 0 Å². The number of aromatic nitrogens is 2. The standard InChI is InChI=1S/C20H26N4S/c1-14(2)24-19(17-11-7-13-23(17)15-8-3-4-9-15)18(22-20(24)25)16-10-5-6-12-21-16/h5-7,10-15,18-19H,3-4,8-9H2,1-2H3,(H,22,25). The molecule has 1 aliphatic heterocycles. The largest absolute Gasteiger partial charge is 0.352 e. The Kier molecular flexibility index (Phi) is 4.50. The van der Waals surface area contributed by atoms with E-state index in [9.17, 15) is 0 Å². The van der Waals surface area contributed by atoms with Gasteiger partial charge in [0, 0.05) is 30.2 Å². The summed E-state index contributed by atoms with van der Waals surface area (Å²) < 4.78 is 2.50. The first-order valence-electron chi connectivity index (χ1n) is 9.33. The third kappa shape index (κ3) is 2.95. The molecule has 4 rings (SSSR count). The molecule has 2 unspecified atom stereocenters. The lowest BCUT2D eigenvalue weighted by Gasteiger charge is -2.32. The summed E-state index contributed by atoms with van der Waals surface area (Å²) in [6, 6.07) is 11.8. The van der Waals surface area contributed by atoms with Crippen molar-refractivity contribution in [3.63, 3.8) is 0 Å². The molecule has 3 heterocycles. The van der Waals surface area contributed by atoms with E-state index in [4.69, 9.17) is 12.2 Å². The summed E-state index contributed by atoms with van der Waals surface area (Å²) in [6.45, 7) is 4.43. The highest BCUT2D eigenvalue weighted by Gasteiger charge is 2.42. The maximum atomic E-state index is 5.70. The van der Waals surface area contributed by atoms with Crippen LogP contribution in [0.25, 0.3) is 0 Å². The van der Waals surface area contributed by atoms with Crippen molar-refractivity contribution < 1.29 is 0 Å². The van der Waals surface area contributed by atoms with Gasteiger partial charge in [-0.3, -0.25) is 4.98 Å². The molecule has 0 amide bonds. The Bertz CT molecular complexity index is 733. The van der Waals surface area contributed by atoms with E-state index in [2.05, 4.69) is 64.1 Å². The highest BCUT2D eigenvalue weighted by Crippen LogP contribution is 2.42. The van der Waals surface area contributed by atoms with Gasteiger partial charge in [-0.25, -0.2) is 0 Å². The number of hydrogen-bond acceptors (Lipinski definition) is 2. The van der Waals surface area contributed by atoms with E-state index in [-0.39, 0.29) is 12.1 Å². The summed E-state index contributed by atoms with van der Waals surface area (Å²) in [5.74, 6) is 0. The summed E-state index contributed by atoms with van der Waals surface area (Å²) in [5.41, 5.74) is 2.40. The number of nitrogens with zero attached hydrogens (tertiary/aromatic N) is 3. The molecule has 0 radical (unpaired) electrons. The number of rotatable bonds is 4. The Morgan fingerprint density at radius 1 is 1.16 bits per heavy atom. The minimum atomic E-state index is 0.0890. The zero-order chi connectivity index (χ0) is 17.4. The van der Waals surface area contributed by atoms with Gasteiger partial charge in [-0.1, -0.05) is 18.9 Å². The lowest BCUT2D eigenvalue weighted by molar-refractivity contribution is 0.254. The fourth-order valence-electron chi connectivity index (χ4n) is 4.41. The van der Waals surface area contributed by atoms with Crippen LogP contribution >= 0.6 is 12.2 Å². The predicted octanol–water partition coefficient (Wildman–Crippen LogP) is 4.38. The van der Waals surface area contributed by atoms with Crippen molar-refractivity contribution in [1.29, 1.82) is 0 Å². The van der Waals surface area contributed by atoms with Gasteiger partial charge in [0.05, 0.1) is 17.8 Å². The van der Waals surface area contributed by atoms with Crippen LogP contribution in [0.5, 0.6) is 0 Å². The van der Waals surface area contributed by atoms with Gasteiger partial charge in [-0.2, -0.15) is 0 Å².